The van der Waals surface area contributed by atoms with Crippen LogP contribution in [0.15, 0.2) is 22.7 Å². The van der Waals surface area contributed by atoms with Crippen molar-refractivity contribution in [2.45, 2.75) is 6.18 Å². The average molecular weight is 289 g/mol. The number of benzene rings is 1. The fraction of sp³-hybridized carbons (Fsp3) is 0.250. The molecule has 0 saturated carbocycles. The number of halogens is 5. The largest absolute Gasteiger partial charge is 0.484 e. The number of hydrogen-bond acceptors (Lipinski definition) is 1. The highest BCUT2D eigenvalue weighted by molar-refractivity contribution is 9.10. The molecule has 0 bridgehead atoms. The molecular formula is C8H5BrClF3O. The first kappa shape index (κ1) is 11.7. The Hall–Kier alpha value is -0.420. The Morgan fingerprint density at radius 2 is 1.93 bits per heavy atom. The maximum Gasteiger partial charge on any atom is 0.422 e. The van der Waals surface area contributed by atoms with Gasteiger partial charge in [-0.2, -0.15) is 13.2 Å². The van der Waals surface area contributed by atoms with Crippen LogP contribution in [0.1, 0.15) is 0 Å². The molecule has 0 heterocycles. The molecule has 14 heavy (non-hydrogen) atoms. The van der Waals surface area contributed by atoms with Crippen molar-refractivity contribution < 1.29 is 17.9 Å². The van der Waals surface area contributed by atoms with Crippen LogP contribution in [0.2, 0.25) is 5.02 Å². The molecule has 1 aromatic carbocycles. The Kier molecular flexibility index (Phi) is 3.66. The molecule has 1 aromatic rings. The summed E-state index contributed by atoms with van der Waals surface area (Å²) in [4.78, 5) is 0. The van der Waals surface area contributed by atoms with E-state index in [1.165, 1.54) is 12.1 Å². The predicted molar refractivity (Wildman–Crippen MR) is 50.7 cm³/mol. The van der Waals surface area contributed by atoms with E-state index < -0.39 is 12.8 Å². The Labute approximate surface area is 91.9 Å². The van der Waals surface area contributed by atoms with E-state index >= 15 is 0 Å². The molecule has 1 rings (SSSR count). The summed E-state index contributed by atoms with van der Waals surface area (Å²) in [7, 11) is 0. The summed E-state index contributed by atoms with van der Waals surface area (Å²) >= 11 is 8.70. The van der Waals surface area contributed by atoms with Gasteiger partial charge in [0, 0.05) is 9.50 Å². The third kappa shape index (κ3) is 4.19. The van der Waals surface area contributed by atoms with E-state index in [0.29, 0.717) is 9.50 Å². The van der Waals surface area contributed by atoms with Gasteiger partial charge in [0.1, 0.15) is 5.75 Å². The van der Waals surface area contributed by atoms with Crippen molar-refractivity contribution in [3.8, 4) is 5.75 Å². The average Bonchev–Trinajstić information content (AvgIpc) is 1.97. The van der Waals surface area contributed by atoms with Crippen LogP contribution in [0, 0.1) is 0 Å². The van der Waals surface area contributed by atoms with Crippen LogP contribution in [0.25, 0.3) is 0 Å². The molecule has 0 aromatic heterocycles. The molecule has 0 unspecified atom stereocenters. The summed E-state index contributed by atoms with van der Waals surface area (Å²) < 4.78 is 40.4. The second-order valence-corrected chi connectivity index (χ2v) is 3.86. The number of ether oxygens (including phenoxy) is 1. The minimum atomic E-state index is -4.34. The molecule has 0 aliphatic rings. The van der Waals surface area contributed by atoms with Crippen molar-refractivity contribution >= 4 is 27.5 Å². The van der Waals surface area contributed by atoms with E-state index in [9.17, 15) is 13.2 Å². The molecule has 0 fully saturated rings. The molecule has 0 atom stereocenters. The van der Waals surface area contributed by atoms with Gasteiger partial charge in [0.2, 0.25) is 0 Å². The summed E-state index contributed by atoms with van der Waals surface area (Å²) in [5.74, 6) is 0.0849. The minimum Gasteiger partial charge on any atom is -0.484 e. The van der Waals surface area contributed by atoms with Gasteiger partial charge in [-0.15, -0.1) is 0 Å². The zero-order valence-corrected chi connectivity index (χ0v) is 9.08. The molecule has 1 nitrogen and oxygen atoms in total. The van der Waals surface area contributed by atoms with Gasteiger partial charge < -0.3 is 4.74 Å². The monoisotopic (exact) mass is 288 g/mol. The molecule has 0 spiro atoms. The lowest BCUT2D eigenvalue weighted by molar-refractivity contribution is -0.153. The summed E-state index contributed by atoms with van der Waals surface area (Å²) in [6, 6.07) is 4.29. The lowest BCUT2D eigenvalue weighted by Crippen LogP contribution is -2.19. The normalized spacial score (nSPS) is 11.5. The first-order valence-corrected chi connectivity index (χ1v) is 4.69. The third-order valence-corrected chi connectivity index (χ3v) is 1.91. The highest BCUT2D eigenvalue weighted by atomic mass is 79.9. The van der Waals surface area contributed by atoms with Crippen LogP contribution < -0.4 is 4.74 Å². The molecular weight excluding hydrogens is 284 g/mol. The highest BCUT2D eigenvalue weighted by Crippen LogP contribution is 2.26. The van der Waals surface area contributed by atoms with Crippen molar-refractivity contribution in [1.29, 1.82) is 0 Å². The van der Waals surface area contributed by atoms with Crippen LogP contribution in [0.5, 0.6) is 5.75 Å². The summed E-state index contributed by atoms with van der Waals surface area (Å²) in [5.41, 5.74) is 0. The van der Waals surface area contributed by atoms with Crippen molar-refractivity contribution in [3.63, 3.8) is 0 Å². The molecule has 0 saturated heterocycles. The number of rotatable bonds is 2. The highest BCUT2D eigenvalue weighted by Gasteiger charge is 2.28. The van der Waals surface area contributed by atoms with E-state index in [0.717, 1.165) is 0 Å². The van der Waals surface area contributed by atoms with Gasteiger partial charge in [0.25, 0.3) is 0 Å². The van der Waals surface area contributed by atoms with Crippen LogP contribution in [0.4, 0.5) is 13.2 Å². The maximum atomic E-state index is 11.8. The quantitative estimate of drug-likeness (QED) is 0.798. The second kappa shape index (κ2) is 4.40. The van der Waals surface area contributed by atoms with Crippen LogP contribution in [-0.2, 0) is 0 Å². The summed E-state index contributed by atoms with van der Waals surface area (Å²) in [5, 5.41) is 0.316. The zero-order chi connectivity index (χ0) is 10.8. The van der Waals surface area contributed by atoms with Gasteiger partial charge in [-0.05, 0) is 18.2 Å². The van der Waals surface area contributed by atoms with E-state index in [-0.39, 0.29) is 5.75 Å². The Bertz CT molecular complexity index is 307. The molecule has 0 aliphatic carbocycles. The van der Waals surface area contributed by atoms with Gasteiger partial charge in [-0.1, -0.05) is 27.5 Å². The first-order chi connectivity index (χ1) is 6.37. The zero-order valence-electron chi connectivity index (χ0n) is 6.74. The topological polar surface area (TPSA) is 9.23 Å². The third-order valence-electron chi connectivity index (χ3n) is 1.24. The van der Waals surface area contributed by atoms with E-state index in [1.807, 2.05) is 0 Å². The number of alkyl halides is 3. The van der Waals surface area contributed by atoms with E-state index in [4.69, 9.17) is 11.6 Å². The SMILES string of the molecule is FC(F)(F)COc1cc(Cl)cc(Br)c1. The van der Waals surface area contributed by atoms with Crippen LogP contribution in [-0.4, -0.2) is 12.8 Å². The van der Waals surface area contributed by atoms with E-state index in [1.54, 1.807) is 6.07 Å². The lowest BCUT2D eigenvalue weighted by atomic mass is 10.3. The molecule has 0 aliphatic heterocycles. The number of hydrogen-bond donors (Lipinski definition) is 0. The minimum absolute atomic E-state index is 0.0849. The lowest BCUT2D eigenvalue weighted by Gasteiger charge is -2.09. The molecule has 6 heteroatoms. The Morgan fingerprint density at radius 1 is 1.29 bits per heavy atom. The summed E-state index contributed by atoms with van der Waals surface area (Å²) in [6.45, 7) is -1.32. The standard InChI is InChI=1S/C8H5BrClF3O/c9-5-1-6(10)3-7(2-5)14-4-8(11,12)13/h1-3H,4H2. The molecule has 78 valence electrons. The van der Waals surface area contributed by atoms with Gasteiger partial charge in [0.05, 0.1) is 0 Å². The van der Waals surface area contributed by atoms with Crippen molar-refractivity contribution in [1.82, 2.24) is 0 Å². The van der Waals surface area contributed by atoms with Crippen molar-refractivity contribution in [3.05, 3.63) is 27.7 Å². The maximum absolute atomic E-state index is 11.8. The fourth-order valence-corrected chi connectivity index (χ4v) is 1.61. The predicted octanol–water partition coefficient (Wildman–Crippen LogP) is 4.04. The van der Waals surface area contributed by atoms with Gasteiger partial charge in [-0.25, -0.2) is 0 Å². The molecule has 0 radical (unpaired) electrons. The molecule has 0 N–H and O–H groups in total. The van der Waals surface area contributed by atoms with Crippen molar-refractivity contribution in [2.75, 3.05) is 6.61 Å². The smallest absolute Gasteiger partial charge is 0.422 e. The van der Waals surface area contributed by atoms with Crippen LogP contribution in [0.3, 0.4) is 0 Å². The summed E-state index contributed by atoms with van der Waals surface area (Å²) in [6.07, 6.45) is -4.34. The van der Waals surface area contributed by atoms with E-state index in [2.05, 4.69) is 20.7 Å². The Morgan fingerprint density at radius 3 is 2.43 bits per heavy atom. The van der Waals surface area contributed by atoms with Crippen LogP contribution >= 0.6 is 27.5 Å². The first-order valence-electron chi connectivity index (χ1n) is 3.52. The van der Waals surface area contributed by atoms with Gasteiger partial charge >= 0.3 is 6.18 Å². The Balaban J connectivity index is 2.68. The van der Waals surface area contributed by atoms with Gasteiger partial charge in [-0.3, -0.25) is 0 Å². The van der Waals surface area contributed by atoms with Gasteiger partial charge in [0.15, 0.2) is 6.61 Å². The molecule has 0 amide bonds. The second-order valence-electron chi connectivity index (χ2n) is 2.51. The fourth-order valence-electron chi connectivity index (χ4n) is 0.777. The van der Waals surface area contributed by atoms with Crippen molar-refractivity contribution in [2.24, 2.45) is 0 Å².